The molecule has 0 bridgehead atoms. The van der Waals surface area contributed by atoms with Crippen molar-refractivity contribution in [2.45, 2.75) is 56.6 Å². The highest BCUT2D eigenvalue weighted by Crippen LogP contribution is 2.53. The molecule has 0 radical (unpaired) electrons. The Morgan fingerprint density at radius 2 is 2.12 bits per heavy atom. The van der Waals surface area contributed by atoms with Crippen molar-refractivity contribution in [3.8, 4) is 5.88 Å². The third-order valence-corrected chi connectivity index (χ3v) is 7.25. The summed E-state index contributed by atoms with van der Waals surface area (Å²) >= 11 is 0. The van der Waals surface area contributed by atoms with E-state index >= 15 is 0 Å². The van der Waals surface area contributed by atoms with Crippen molar-refractivity contribution in [1.29, 1.82) is 0 Å². The van der Waals surface area contributed by atoms with E-state index in [-0.39, 0.29) is 30.7 Å². The van der Waals surface area contributed by atoms with Crippen LogP contribution in [0.1, 0.15) is 50.3 Å². The number of amides is 2. The summed E-state index contributed by atoms with van der Waals surface area (Å²) in [6.07, 6.45) is 3.17. The zero-order valence-electron chi connectivity index (χ0n) is 18.5. The molecule has 4 atom stereocenters. The molecule has 2 amide bonds. The first-order valence-corrected chi connectivity index (χ1v) is 10.7. The predicted molar refractivity (Wildman–Crippen MR) is 116 cm³/mol. The number of carbonyl (C=O) groups is 2. The largest absolute Gasteiger partial charge is 0.481 e. The van der Waals surface area contributed by atoms with Gasteiger partial charge in [0.2, 0.25) is 11.8 Å². The van der Waals surface area contributed by atoms with E-state index in [1.54, 1.807) is 25.3 Å². The monoisotopic (exact) mass is 443 g/mol. The van der Waals surface area contributed by atoms with Crippen molar-refractivity contribution in [3.05, 3.63) is 35.7 Å². The molecule has 2 unspecified atom stereocenters. The van der Waals surface area contributed by atoms with E-state index in [1.807, 2.05) is 13.0 Å². The maximum atomic E-state index is 12.4. The Hall–Kier alpha value is -3.14. The highest BCUT2D eigenvalue weighted by atomic mass is 16.5. The van der Waals surface area contributed by atoms with Crippen LogP contribution in [-0.2, 0) is 11.2 Å². The Morgan fingerprint density at radius 1 is 1.34 bits per heavy atom. The third kappa shape index (κ3) is 3.79. The summed E-state index contributed by atoms with van der Waals surface area (Å²) in [5, 5.41) is 30.3. The van der Waals surface area contributed by atoms with E-state index < -0.39 is 17.2 Å². The third-order valence-electron chi connectivity index (χ3n) is 7.25. The van der Waals surface area contributed by atoms with Gasteiger partial charge in [-0.05, 0) is 50.7 Å². The number of likely N-dealkylation sites (tertiary alicyclic amines) is 1. The summed E-state index contributed by atoms with van der Waals surface area (Å²) < 4.78 is 5.08. The lowest BCUT2D eigenvalue weighted by Gasteiger charge is -2.62. The molecule has 0 spiro atoms. The smallest absolute Gasteiger partial charge is 0.407 e. The number of hydrogen-bond acceptors (Lipinski definition) is 6. The van der Waals surface area contributed by atoms with Gasteiger partial charge in [-0.1, -0.05) is 0 Å². The van der Waals surface area contributed by atoms with Crippen LogP contribution in [0, 0.1) is 5.92 Å². The van der Waals surface area contributed by atoms with Gasteiger partial charge in [-0.15, -0.1) is 0 Å². The molecule has 10 nitrogen and oxygen atoms in total. The molecule has 32 heavy (non-hydrogen) atoms. The molecule has 3 heterocycles. The lowest BCUT2D eigenvalue weighted by molar-refractivity contribution is -0.204. The first-order chi connectivity index (χ1) is 15.1. The van der Waals surface area contributed by atoms with Crippen LogP contribution in [0.15, 0.2) is 24.4 Å². The summed E-state index contributed by atoms with van der Waals surface area (Å²) in [5.74, 6) is 0.898. The fraction of sp³-hybridized carbons (Fsp3) is 0.545. The van der Waals surface area contributed by atoms with Crippen LogP contribution in [0.5, 0.6) is 5.88 Å². The zero-order chi connectivity index (χ0) is 23.1. The van der Waals surface area contributed by atoms with Crippen molar-refractivity contribution in [1.82, 2.24) is 20.1 Å². The van der Waals surface area contributed by atoms with Crippen molar-refractivity contribution in [2.24, 2.45) is 5.92 Å². The van der Waals surface area contributed by atoms with Gasteiger partial charge in [0.05, 0.1) is 25.6 Å². The van der Waals surface area contributed by atoms with Gasteiger partial charge in [0.25, 0.3) is 0 Å². The van der Waals surface area contributed by atoms with Crippen LogP contribution in [0.2, 0.25) is 0 Å². The minimum Gasteiger partial charge on any atom is -0.481 e. The summed E-state index contributed by atoms with van der Waals surface area (Å²) in [6.45, 7) is 3.68. The number of rotatable bonds is 6. The summed E-state index contributed by atoms with van der Waals surface area (Å²) in [7, 11) is 1.52. The summed E-state index contributed by atoms with van der Waals surface area (Å²) in [4.78, 5) is 29.4. The number of aromatic amines is 1. The normalized spacial score (nSPS) is 29.4. The number of carboxylic acid groups (broad SMARTS) is 1. The number of anilines is 1. The minimum absolute atomic E-state index is 0.0374. The van der Waals surface area contributed by atoms with Gasteiger partial charge in [-0.25, -0.2) is 9.78 Å². The topological polar surface area (TPSA) is 141 Å². The molecule has 2 aromatic rings. The number of β-amino-alcohol motifs (C(OH)–C–C–N with tert-alkyl or cyclic N) is 1. The Morgan fingerprint density at radius 3 is 2.81 bits per heavy atom. The number of nitrogens with one attached hydrogen (secondary N) is 2. The summed E-state index contributed by atoms with van der Waals surface area (Å²) in [6, 6.07) is 5.30. The van der Waals surface area contributed by atoms with Crippen LogP contribution in [0.25, 0.3) is 0 Å². The highest BCUT2D eigenvalue weighted by molar-refractivity contribution is 5.91. The fourth-order valence-corrected chi connectivity index (χ4v) is 5.19. The lowest BCUT2D eigenvalue weighted by atomic mass is 9.64. The molecule has 1 aliphatic carbocycles. The van der Waals surface area contributed by atoms with Crippen LogP contribution >= 0.6 is 0 Å². The van der Waals surface area contributed by atoms with E-state index in [9.17, 15) is 19.8 Å². The molecule has 1 saturated carbocycles. The van der Waals surface area contributed by atoms with E-state index in [4.69, 9.17) is 4.74 Å². The van der Waals surface area contributed by atoms with Gasteiger partial charge in [0.1, 0.15) is 5.60 Å². The second kappa shape index (κ2) is 8.09. The predicted octanol–water partition coefficient (Wildman–Crippen LogP) is 2.38. The number of nitrogens with zero attached hydrogens (tertiary/aromatic N) is 3. The van der Waals surface area contributed by atoms with Crippen LogP contribution < -0.4 is 10.1 Å². The van der Waals surface area contributed by atoms with Gasteiger partial charge in [0.15, 0.2) is 5.82 Å². The maximum absolute atomic E-state index is 12.4. The molecule has 2 aromatic heterocycles. The van der Waals surface area contributed by atoms with E-state index in [0.717, 1.165) is 30.5 Å². The number of aliphatic hydroxyl groups is 1. The molecule has 0 aromatic carbocycles. The van der Waals surface area contributed by atoms with Crippen molar-refractivity contribution >= 4 is 17.8 Å². The number of H-pyrrole nitrogens is 1. The van der Waals surface area contributed by atoms with Crippen molar-refractivity contribution in [2.75, 3.05) is 19.0 Å². The Kier molecular flexibility index (Phi) is 5.58. The van der Waals surface area contributed by atoms with Crippen molar-refractivity contribution < 1.29 is 24.5 Å². The maximum Gasteiger partial charge on any atom is 0.407 e. The number of carbonyl (C=O) groups excluding carboxylic acids is 1. The summed E-state index contributed by atoms with van der Waals surface area (Å²) in [5.41, 5.74) is -0.172. The first kappa shape index (κ1) is 22.1. The van der Waals surface area contributed by atoms with Gasteiger partial charge >= 0.3 is 6.09 Å². The average molecular weight is 444 g/mol. The molecule has 4 rings (SSSR count). The standard InChI is InChI=1S/C22H29N5O5/c1-21(31)12-27(20(29)30)22(21,2)15-5-4-14(10-15)16-11-17(26-25-16)24-18(28)8-13-6-7-23-19(9-13)32-3/h6-7,9,11,14-15,31H,4-5,8,10,12H2,1-3H3,(H,29,30)(H2,24,25,26,28)/t14?,15?,21-,22+/m1/s1. The number of pyridine rings is 1. The van der Waals surface area contributed by atoms with E-state index in [0.29, 0.717) is 11.7 Å². The van der Waals surface area contributed by atoms with E-state index in [2.05, 4.69) is 20.5 Å². The molecule has 2 aliphatic rings. The molecular formula is C22H29N5O5. The molecule has 4 N–H and O–H groups in total. The van der Waals surface area contributed by atoms with E-state index in [1.165, 1.54) is 12.0 Å². The Labute approximate surface area is 186 Å². The highest BCUT2D eigenvalue weighted by Gasteiger charge is 2.64. The van der Waals surface area contributed by atoms with Crippen LogP contribution in [0.3, 0.4) is 0 Å². The van der Waals surface area contributed by atoms with Gasteiger partial charge in [-0.3, -0.25) is 14.8 Å². The fourth-order valence-electron chi connectivity index (χ4n) is 5.19. The van der Waals surface area contributed by atoms with Gasteiger partial charge in [-0.2, -0.15) is 5.10 Å². The quantitative estimate of drug-likeness (QED) is 0.537. The van der Waals surface area contributed by atoms with Gasteiger partial charge in [0, 0.05) is 29.9 Å². The molecule has 172 valence electrons. The SMILES string of the molecule is COc1cc(CC(=O)Nc2cc(C3CCC([C@]4(C)N(C(=O)O)C[C@@]4(C)O)C3)[nH]n2)ccn1. The molecular weight excluding hydrogens is 414 g/mol. The lowest BCUT2D eigenvalue weighted by Crippen LogP contribution is -2.79. The van der Waals surface area contributed by atoms with Crippen molar-refractivity contribution in [3.63, 3.8) is 0 Å². The number of methoxy groups -OCH3 is 1. The minimum atomic E-state index is -1.05. The number of aromatic nitrogens is 3. The molecule has 2 fully saturated rings. The Balaban J connectivity index is 1.38. The molecule has 10 heteroatoms. The Bertz CT molecular complexity index is 1020. The number of hydrogen-bond donors (Lipinski definition) is 4. The second-order valence-electron chi connectivity index (χ2n) is 9.14. The molecule has 1 saturated heterocycles. The zero-order valence-corrected chi connectivity index (χ0v) is 18.5. The first-order valence-electron chi connectivity index (χ1n) is 10.7. The van der Waals surface area contributed by atoms with Crippen LogP contribution in [-0.4, -0.2) is 67.1 Å². The second-order valence-corrected chi connectivity index (χ2v) is 9.14. The van der Waals surface area contributed by atoms with Crippen LogP contribution in [0.4, 0.5) is 10.6 Å². The molecule has 1 aliphatic heterocycles. The average Bonchev–Trinajstić information content (AvgIpc) is 3.41. The van der Waals surface area contributed by atoms with Gasteiger partial charge < -0.3 is 20.3 Å². The number of ether oxygens (including phenoxy) is 1.